The predicted molar refractivity (Wildman–Crippen MR) is 129 cm³/mol. The molecular formula is C23H24N4O3S2. The lowest BCUT2D eigenvalue weighted by Gasteiger charge is -2.15. The number of carbonyl (C=O) groups is 2. The highest BCUT2D eigenvalue weighted by atomic mass is 32.2. The van der Waals surface area contributed by atoms with Crippen LogP contribution in [0, 0.1) is 0 Å². The van der Waals surface area contributed by atoms with Crippen LogP contribution in [-0.2, 0) is 11.2 Å². The molecule has 0 bridgehead atoms. The molecule has 0 saturated heterocycles. The number of hydrogen-bond acceptors (Lipinski definition) is 8. The minimum Gasteiger partial charge on any atom is -0.492 e. The molecule has 0 aliphatic carbocycles. The number of Topliss-reactive ketones (excluding diaryl/α,β-unsaturated/α-hetero) is 1. The first kappa shape index (κ1) is 22.3. The maximum absolute atomic E-state index is 13.0. The van der Waals surface area contributed by atoms with Crippen LogP contribution in [0.3, 0.4) is 0 Å². The Morgan fingerprint density at radius 1 is 1.25 bits per heavy atom. The van der Waals surface area contributed by atoms with E-state index in [0.29, 0.717) is 28.2 Å². The van der Waals surface area contributed by atoms with Gasteiger partial charge in [0.15, 0.2) is 10.1 Å². The zero-order chi connectivity index (χ0) is 22.7. The molecule has 1 aromatic heterocycles. The minimum absolute atomic E-state index is 0.0244. The molecule has 1 aliphatic rings. The molecule has 0 saturated carbocycles. The summed E-state index contributed by atoms with van der Waals surface area (Å²) < 4.78 is 6.35. The van der Waals surface area contributed by atoms with E-state index in [0.717, 1.165) is 29.1 Å². The topological polar surface area (TPSA) is 84.4 Å². The van der Waals surface area contributed by atoms with Crippen molar-refractivity contribution in [3.63, 3.8) is 0 Å². The van der Waals surface area contributed by atoms with Gasteiger partial charge >= 0.3 is 0 Å². The fraction of sp³-hybridized carbons (Fsp3) is 0.304. The number of carbonyl (C=O) groups excluding carboxylic acids is 2. The summed E-state index contributed by atoms with van der Waals surface area (Å²) >= 11 is 2.79. The third kappa shape index (κ3) is 4.78. The van der Waals surface area contributed by atoms with E-state index in [4.69, 9.17) is 4.74 Å². The molecule has 2 heterocycles. The first-order valence-corrected chi connectivity index (χ1v) is 12.1. The van der Waals surface area contributed by atoms with Gasteiger partial charge in [-0.25, -0.2) is 0 Å². The number of hydrogen-bond donors (Lipinski definition) is 1. The normalized spacial score (nSPS) is 13.5. The van der Waals surface area contributed by atoms with Crippen LogP contribution in [0.4, 0.5) is 16.5 Å². The number of nitrogens with one attached hydrogen (secondary N) is 1. The van der Waals surface area contributed by atoms with Crippen molar-refractivity contribution in [2.75, 3.05) is 23.4 Å². The lowest BCUT2D eigenvalue weighted by molar-refractivity contribution is -0.116. The number of fused-ring (bicyclic) bond motifs is 1. The summed E-state index contributed by atoms with van der Waals surface area (Å²) in [5.74, 6) is 0.810. The molecule has 1 atom stereocenters. The van der Waals surface area contributed by atoms with E-state index in [1.54, 1.807) is 17.9 Å². The SMILES string of the molecule is CCOc1ccccc1Nc1nnc(S[C@@H](C)C(=O)c2ccc3c(c2)CCN3C(C)=O)s1. The van der Waals surface area contributed by atoms with Gasteiger partial charge in [-0.3, -0.25) is 9.59 Å². The monoisotopic (exact) mass is 468 g/mol. The number of amides is 1. The van der Waals surface area contributed by atoms with E-state index in [9.17, 15) is 9.59 Å². The highest BCUT2D eigenvalue weighted by Gasteiger charge is 2.25. The molecule has 32 heavy (non-hydrogen) atoms. The zero-order valence-corrected chi connectivity index (χ0v) is 19.8. The fourth-order valence-electron chi connectivity index (χ4n) is 3.60. The molecule has 1 N–H and O–H groups in total. The number of thioether (sulfide) groups is 1. The number of rotatable bonds is 8. The standard InChI is InChI=1S/C23H24N4O3S2/c1-4-30-20-8-6-5-7-18(20)24-22-25-26-23(32-22)31-14(2)21(29)17-9-10-19-16(13-17)11-12-27(19)15(3)28/h5-10,13-14H,4,11-12H2,1-3H3,(H,24,25)/t14-/m0/s1. The molecular weight excluding hydrogens is 444 g/mol. The first-order chi connectivity index (χ1) is 15.5. The number of para-hydroxylation sites is 2. The average molecular weight is 469 g/mol. The van der Waals surface area contributed by atoms with Gasteiger partial charge in [0.1, 0.15) is 5.75 Å². The Bertz CT molecular complexity index is 1150. The van der Waals surface area contributed by atoms with E-state index >= 15 is 0 Å². The van der Waals surface area contributed by atoms with Gasteiger partial charge in [0.05, 0.1) is 17.5 Å². The van der Waals surface area contributed by atoms with Crippen molar-refractivity contribution in [2.45, 2.75) is 36.8 Å². The second-order valence-corrected chi connectivity index (χ2v) is 9.88. The van der Waals surface area contributed by atoms with Crippen molar-refractivity contribution in [1.29, 1.82) is 0 Å². The molecule has 9 heteroatoms. The molecule has 166 valence electrons. The van der Waals surface area contributed by atoms with Crippen LogP contribution in [0.1, 0.15) is 36.7 Å². The highest BCUT2D eigenvalue weighted by molar-refractivity contribution is 8.02. The largest absolute Gasteiger partial charge is 0.492 e. The van der Waals surface area contributed by atoms with Crippen molar-refractivity contribution >= 4 is 51.3 Å². The Hall–Kier alpha value is -2.91. The Kier molecular flexibility index (Phi) is 6.76. The van der Waals surface area contributed by atoms with Crippen molar-refractivity contribution in [2.24, 2.45) is 0 Å². The summed E-state index contributed by atoms with van der Waals surface area (Å²) in [6.07, 6.45) is 0.770. The highest BCUT2D eigenvalue weighted by Crippen LogP contribution is 2.35. The third-order valence-corrected chi connectivity index (χ3v) is 7.14. The van der Waals surface area contributed by atoms with E-state index in [1.807, 2.05) is 50.2 Å². The quantitative estimate of drug-likeness (QED) is 0.370. The van der Waals surface area contributed by atoms with Crippen molar-refractivity contribution < 1.29 is 14.3 Å². The maximum atomic E-state index is 13.0. The van der Waals surface area contributed by atoms with Gasteiger partial charge < -0.3 is 15.0 Å². The average Bonchev–Trinajstić information content (AvgIpc) is 3.41. The van der Waals surface area contributed by atoms with Gasteiger partial charge in [-0.2, -0.15) is 0 Å². The molecule has 4 rings (SSSR count). The van der Waals surface area contributed by atoms with Crippen LogP contribution >= 0.6 is 23.1 Å². The Morgan fingerprint density at radius 3 is 2.84 bits per heavy atom. The summed E-state index contributed by atoms with van der Waals surface area (Å²) in [6.45, 7) is 6.62. The summed E-state index contributed by atoms with van der Waals surface area (Å²) in [6, 6.07) is 13.3. The van der Waals surface area contributed by atoms with Crippen LogP contribution in [-0.4, -0.2) is 40.3 Å². The zero-order valence-electron chi connectivity index (χ0n) is 18.1. The molecule has 7 nitrogen and oxygen atoms in total. The van der Waals surface area contributed by atoms with Crippen LogP contribution in [0.5, 0.6) is 5.75 Å². The second kappa shape index (κ2) is 9.70. The van der Waals surface area contributed by atoms with Gasteiger partial charge in [-0.05, 0) is 56.2 Å². The first-order valence-electron chi connectivity index (χ1n) is 10.4. The van der Waals surface area contributed by atoms with E-state index in [-0.39, 0.29) is 16.9 Å². The predicted octanol–water partition coefficient (Wildman–Crippen LogP) is 4.95. The Balaban J connectivity index is 1.42. The van der Waals surface area contributed by atoms with Crippen molar-refractivity contribution in [1.82, 2.24) is 10.2 Å². The van der Waals surface area contributed by atoms with Crippen molar-refractivity contribution in [3.05, 3.63) is 53.6 Å². The Morgan fingerprint density at radius 2 is 2.06 bits per heavy atom. The number of aromatic nitrogens is 2. The van der Waals surface area contributed by atoms with Crippen LogP contribution in [0.2, 0.25) is 0 Å². The minimum atomic E-state index is -0.310. The molecule has 2 aromatic carbocycles. The Labute approximate surface area is 195 Å². The maximum Gasteiger partial charge on any atom is 0.223 e. The number of anilines is 3. The molecule has 0 spiro atoms. The van der Waals surface area contributed by atoms with Crippen LogP contribution in [0.25, 0.3) is 0 Å². The summed E-state index contributed by atoms with van der Waals surface area (Å²) in [5.41, 5.74) is 3.42. The van der Waals surface area contributed by atoms with Crippen LogP contribution < -0.4 is 15.0 Å². The molecule has 0 radical (unpaired) electrons. The smallest absolute Gasteiger partial charge is 0.223 e. The summed E-state index contributed by atoms with van der Waals surface area (Å²) in [5, 5.41) is 12.0. The summed E-state index contributed by atoms with van der Waals surface area (Å²) in [4.78, 5) is 26.5. The molecule has 1 aliphatic heterocycles. The van der Waals surface area contributed by atoms with Gasteiger partial charge in [-0.15, -0.1) is 10.2 Å². The number of benzene rings is 2. The molecule has 3 aromatic rings. The van der Waals surface area contributed by atoms with Crippen LogP contribution in [0.15, 0.2) is 46.8 Å². The number of ketones is 1. The van der Waals surface area contributed by atoms with Gasteiger partial charge in [-0.1, -0.05) is 35.2 Å². The van der Waals surface area contributed by atoms with Gasteiger partial charge in [0.2, 0.25) is 11.0 Å². The van der Waals surface area contributed by atoms with Gasteiger partial charge in [0.25, 0.3) is 0 Å². The molecule has 0 unspecified atom stereocenters. The van der Waals surface area contributed by atoms with Gasteiger partial charge in [0, 0.05) is 24.7 Å². The number of nitrogens with zero attached hydrogens (tertiary/aromatic N) is 3. The fourth-order valence-corrected chi connectivity index (χ4v) is 5.58. The number of ether oxygens (including phenoxy) is 1. The lowest BCUT2D eigenvalue weighted by Crippen LogP contribution is -2.25. The van der Waals surface area contributed by atoms with Crippen molar-refractivity contribution in [3.8, 4) is 5.75 Å². The second-order valence-electron chi connectivity index (χ2n) is 7.32. The van der Waals surface area contributed by atoms with E-state index in [2.05, 4.69) is 15.5 Å². The lowest BCUT2D eigenvalue weighted by atomic mass is 10.0. The summed E-state index contributed by atoms with van der Waals surface area (Å²) in [7, 11) is 0. The molecule has 0 fully saturated rings. The van der Waals surface area contributed by atoms with E-state index < -0.39 is 0 Å². The third-order valence-electron chi connectivity index (χ3n) is 5.12. The van der Waals surface area contributed by atoms with E-state index in [1.165, 1.54) is 23.1 Å². The molecule has 1 amide bonds.